The Morgan fingerprint density at radius 2 is 1.88 bits per heavy atom. The van der Waals surface area contributed by atoms with E-state index in [-0.39, 0.29) is 0 Å². The van der Waals surface area contributed by atoms with Crippen LogP contribution in [0.15, 0.2) is 32.5 Å². The molecule has 0 aliphatic rings. The van der Waals surface area contributed by atoms with Gasteiger partial charge < -0.3 is 0 Å². The van der Waals surface area contributed by atoms with Gasteiger partial charge in [-0.2, -0.15) is 8.75 Å². The molecule has 0 saturated heterocycles. The van der Waals surface area contributed by atoms with Gasteiger partial charge in [0.15, 0.2) is 0 Å². The fourth-order valence-corrected chi connectivity index (χ4v) is 4.04. The summed E-state index contributed by atoms with van der Waals surface area (Å²) >= 11 is 9.90. The zero-order valence-corrected chi connectivity index (χ0v) is 12.6. The molecule has 3 aromatic rings. The molecule has 2 heterocycles. The fraction of sp³-hybridized carbons (Fsp3) is 0. The second kappa shape index (κ2) is 4.18. The number of hydrogen-bond donors (Lipinski definition) is 0. The highest BCUT2D eigenvalue weighted by atomic mass is 79.9. The monoisotopic (exact) mass is 374 g/mol. The van der Waals surface area contributed by atoms with Crippen LogP contribution >= 0.6 is 54.9 Å². The molecule has 2 nitrogen and oxygen atoms in total. The van der Waals surface area contributed by atoms with Crippen molar-refractivity contribution in [1.82, 2.24) is 8.75 Å². The minimum atomic E-state index is 0.937. The van der Waals surface area contributed by atoms with Gasteiger partial charge >= 0.3 is 0 Å². The lowest BCUT2D eigenvalue weighted by molar-refractivity contribution is 1.61. The van der Waals surface area contributed by atoms with E-state index in [4.69, 9.17) is 0 Å². The van der Waals surface area contributed by atoms with E-state index in [2.05, 4.69) is 58.1 Å². The van der Waals surface area contributed by atoms with Gasteiger partial charge in [-0.3, -0.25) is 0 Å². The Hall–Kier alpha value is -0.300. The Morgan fingerprint density at radius 3 is 2.62 bits per heavy atom. The minimum absolute atomic E-state index is 0.937. The van der Waals surface area contributed by atoms with E-state index >= 15 is 0 Å². The van der Waals surface area contributed by atoms with Gasteiger partial charge in [0.2, 0.25) is 0 Å². The highest BCUT2D eigenvalue weighted by Crippen LogP contribution is 2.36. The summed E-state index contributed by atoms with van der Waals surface area (Å²) in [6.07, 6.45) is 0. The average molecular weight is 376 g/mol. The summed E-state index contributed by atoms with van der Waals surface area (Å²) in [7, 11) is 0. The molecule has 0 spiro atoms. The fourth-order valence-electron chi connectivity index (χ4n) is 1.49. The molecule has 0 N–H and O–H groups in total. The van der Waals surface area contributed by atoms with Gasteiger partial charge in [0, 0.05) is 24.8 Å². The number of hydrogen-bond acceptors (Lipinski definition) is 4. The van der Waals surface area contributed by atoms with E-state index in [1.54, 1.807) is 11.3 Å². The Balaban J connectivity index is 2.32. The van der Waals surface area contributed by atoms with Crippen LogP contribution in [0.1, 0.15) is 0 Å². The molecule has 0 atom stereocenters. The second-order valence-corrected chi connectivity index (χ2v) is 6.40. The highest BCUT2D eigenvalue weighted by Gasteiger charge is 2.11. The molecule has 80 valence electrons. The van der Waals surface area contributed by atoms with Gasteiger partial charge in [0.05, 0.1) is 11.7 Å². The van der Waals surface area contributed by atoms with Crippen molar-refractivity contribution >= 4 is 66.0 Å². The summed E-state index contributed by atoms with van der Waals surface area (Å²) < 4.78 is 10.7. The molecule has 0 aliphatic carbocycles. The third-order valence-corrected chi connectivity index (χ3v) is 5.09. The van der Waals surface area contributed by atoms with Gasteiger partial charge in [-0.15, -0.1) is 11.3 Å². The first kappa shape index (κ1) is 10.8. The zero-order chi connectivity index (χ0) is 11.1. The maximum atomic E-state index is 4.36. The predicted octanol–water partition coefficient (Wildman–Crippen LogP) is 4.94. The number of nitrogens with zero attached hydrogens (tertiary/aromatic N) is 2. The maximum absolute atomic E-state index is 4.36. The first-order valence-electron chi connectivity index (χ1n) is 4.41. The molecule has 0 bridgehead atoms. The predicted molar refractivity (Wildman–Crippen MR) is 76.1 cm³/mol. The summed E-state index contributed by atoms with van der Waals surface area (Å²) in [4.78, 5) is 1.21. The number of aromatic nitrogens is 2. The van der Waals surface area contributed by atoms with Crippen molar-refractivity contribution < 1.29 is 0 Å². The molecular weight excluding hydrogens is 372 g/mol. The van der Waals surface area contributed by atoms with Crippen molar-refractivity contribution in [2.45, 2.75) is 0 Å². The third kappa shape index (κ3) is 1.73. The van der Waals surface area contributed by atoms with E-state index in [1.165, 1.54) is 16.6 Å². The quantitative estimate of drug-likeness (QED) is 0.601. The Morgan fingerprint density at radius 1 is 1.06 bits per heavy atom. The lowest BCUT2D eigenvalue weighted by Crippen LogP contribution is -1.78. The Bertz CT molecular complexity index is 660. The number of rotatable bonds is 1. The topological polar surface area (TPSA) is 25.8 Å². The number of benzene rings is 1. The Kier molecular flexibility index (Phi) is 2.83. The molecular formula is C10H4Br2N2S2. The number of thiophene rings is 1. The van der Waals surface area contributed by atoms with Crippen molar-refractivity contribution in [2.24, 2.45) is 0 Å². The first-order valence-corrected chi connectivity index (χ1v) is 7.60. The molecule has 2 aromatic heterocycles. The van der Waals surface area contributed by atoms with Crippen LogP contribution in [0.4, 0.5) is 0 Å². The standard InChI is InChI=1S/C10H4Br2N2S2/c11-5-3-8(15-4-5)6-1-2-7(12)10-9(6)13-16-14-10/h1-4H. The van der Waals surface area contributed by atoms with Crippen LogP contribution in [0.5, 0.6) is 0 Å². The van der Waals surface area contributed by atoms with Crippen LogP contribution in [0.2, 0.25) is 0 Å². The highest BCUT2D eigenvalue weighted by molar-refractivity contribution is 9.11. The average Bonchev–Trinajstić information content (AvgIpc) is 2.87. The molecule has 1 aromatic carbocycles. The molecule has 0 amide bonds. The van der Waals surface area contributed by atoms with Gasteiger partial charge in [-0.05, 0) is 44.0 Å². The zero-order valence-electron chi connectivity index (χ0n) is 7.78. The van der Waals surface area contributed by atoms with E-state index < -0.39 is 0 Å². The SMILES string of the molecule is Brc1csc(-c2ccc(Br)c3nsnc23)c1. The largest absolute Gasteiger partial charge is 0.172 e. The van der Waals surface area contributed by atoms with Crippen LogP contribution in [0.25, 0.3) is 21.5 Å². The second-order valence-electron chi connectivity index (χ2n) is 3.19. The summed E-state index contributed by atoms with van der Waals surface area (Å²) in [6.45, 7) is 0. The molecule has 16 heavy (non-hydrogen) atoms. The van der Waals surface area contributed by atoms with E-state index in [0.29, 0.717) is 0 Å². The number of fused-ring (bicyclic) bond motifs is 1. The summed E-state index contributed by atoms with van der Waals surface area (Å²) in [5.41, 5.74) is 3.04. The van der Waals surface area contributed by atoms with Crippen molar-refractivity contribution in [3.8, 4) is 10.4 Å². The van der Waals surface area contributed by atoms with E-state index in [0.717, 1.165) is 25.5 Å². The molecule has 0 aliphatic heterocycles. The van der Waals surface area contributed by atoms with Gasteiger partial charge in [-0.25, -0.2) is 0 Å². The smallest absolute Gasteiger partial charge is 0.119 e. The lowest BCUT2D eigenvalue weighted by atomic mass is 10.1. The first-order chi connectivity index (χ1) is 7.75. The van der Waals surface area contributed by atoms with Crippen molar-refractivity contribution in [3.63, 3.8) is 0 Å². The minimum Gasteiger partial charge on any atom is -0.172 e. The van der Waals surface area contributed by atoms with Gasteiger partial charge in [0.1, 0.15) is 11.0 Å². The normalized spacial score (nSPS) is 11.1. The summed E-state index contributed by atoms with van der Waals surface area (Å²) in [5, 5.41) is 2.07. The van der Waals surface area contributed by atoms with Gasteiger partial charge in [0.25, 0.3) is 0 Å². The lowest BCUT2D eigenvalue weighted by Gasteiger charge is -1.99. The Labute approximate surface area is 117 Å². The van der Waals surface area contributed by atoms with Crippen LogP contribution < -0.4 is 0 Å². The number of halogens is 2. The molecule has 0 saturated carbocycles. The van der Waals surface area contributed by atoms with Crippen molar-refractivity contribution in [3.05, 3.63) is 32.5 Å². The van der Waals surface area contributed by atoms with Gasteiger partial charge in [-0.1, -0.05) is 6.07 Å². The summed E-state index contributed by atoms with van der Waals surface area (Å²) in [5.74, 6) is 0. The molecule has 6 heteroatoms. The molecule has 0 fully saturated rings. The molecule has 3 rings (SSSR count). The summed E-state index contributed by atoms with van der Waals surface area (Å²) in [6, 6.07) is 6.20. The van der Waals surface area contributed by atoms with E-state index in [9.17, 15) is 0 Å². The third-order valence-electron chi connectivity index (χ3n) is 2.20. The maximum Gasteiger partial charge on any atom is 0.119 e. The van der Waals surface area contributed by atoms with Crippen molar-refractivity contribution in [2.75, 3.05) is 0 Å². The van der Waals surface area contributed by atoms with Crippen molar-refractivity contribution in [1.29, 1.82) is 0 Å². The molecule has 0 unspecified atom stereocenters. The van der Waals surface area contributed by atoms with E-state index in [1.807, 2.05) is 6.07 Å². The van der Waals surface area contributed by atoms with Crippen LogP contribution in [0, 0.1) is 0 Å². The van der Waals surface area contributed by atoms with Crippen LogP contribution in [-0.2, 0) is 0 Å². The van der Waals surface area contributed by atoms with Crippen LogP contribution in [-0.4, -0.2) is 8.75 Å². The van der Waals surface area contributed by atoms with Crippen LogP contribution in [0.3, 0.4) is 0 Å². The molecule has 0 radical (unpaired) electrons.